The highest BCUT2D eigenvalue weighted by atomic mass is 16.5. The average Bonchev–Trinajstić information content (AvgIpc) is 3.31. The number of nitrogens with zero attached hydrogens (tertiary/aromatic N) is 3. The summed E-state index contributed by atoms with van der Waals surface area (Å²) in [6.07, 6.45) is 1.90. The first-order chi connectivity index (χ1) is 16.7. The molecule has 1 aliphatic rings. The first kappa shape index (κ1) is 23.7. The summed E-state index contributed by atoms with van der Waals surface area (Å²) in [5.74, 6) is 1.50. The van der Waals surface area contributed by atoms with Crippen LogP contribution in [0.1, 0.15) is 0 Å². The lowest BCUT2D eigenvalue weighted by Crippen LogP contribution is -2.41. The van der Waals surface area contributed by atoms with Crippen molar-refractivity contribution in [3.63, 3.8) is 0 Å². The smallest absolute Gasteiger partial charge is 0.240 e. The van der Waals surface area contributed by atoms with Gasteiger partial charge in [-0.2, -0.15) is 0 Å². The van der Waals surface area contributed by atoms with Gasteiger partial charge in [0.05, 0.1) is 45.4 Å². The van der Waals surface area contributed by atoms with Crippen LogP contribution in [0.5, 0.6) is 11.5 Å². The van der Waals surface area contributed by atoms with Crippen LogP contribution in [0.2, 0.25) is 0 Å². The van der Waals surface area contributed by atoms with Gasteiger partial charge in [-0.1, -0.05) is 30.3 Å². The molecule has 0 saturated carbocycles. The Morgan fingerprint density at radius 2 is 1.82 bits per heavy atom. The summed E-state index contributed by atoms with van der Waals surface area (Å²) >= 11 is 0. The fourth-order valence-corrected chi connectivity index (χ4v) is 3.82. The van der Waals surface area contributed by atoms with Crippen LogP contribution in [-0.2, 0) is 9.53 Å². The van der Waals surface area contributed by atoms with Gasteiger partial charge in [-0.25, -0.2) is 4.98 Å². The molecule has 2 N–H and O–H groups in total. The minimum atomic E-state index is -0.158. The first-order valence-electron chi connectivity index (χ1n) is 11.4. The van der Waals surface area contributed by atoms with E-state index in [4.69, 9.17) is 19.2 Å². The van der Waals surface area contributed by atoms with E-state index >= 15 is 0 Å². The summed E-state index contributed by atoms with van der Waals surface area (Å²) in [5.41, 5.74) is 2.51. The third-order valence-electron chi connectivity index (χ3n) is 5.67. The number of anilines is 1. The monoisotopic (exact) mass is 465 g/mol. The zero-order valence-electron chi connectivity index (χ0n) is 19.6. The van der Waals surface area contributed by atoms with Gasteiger partial charge in [-0.05, 0) is 12.1 Å². The zero-order chi connectivity index (χ0) is 23.8. The van der Waals surface area contributed by atoms with Crippen molar-refractivity contribution in [2.75, 3.05) is 65.5 Å². The maximum absolute atomic E-state index is 12.7. The van der Waals surface area contributed by atoms with Gasteiger partial charge in [0, 0.05) is 44.0 Å². The molecule has 1 aliphatic heterocycles. The van der Waals surface area contributed by atoms with E-state index < -0.39 is 0 Å². The number of amides is 1. The number of morpholine rings is 1. The van der Waals surface area contributed by atoms with Crippen LogP contribution >= 0.6 is 0 Å². The van der Waals surface area contributed by atoms with Gasteiger partial charge in [-0.3, -0.25) is 19.6 Å². The number of rotatable bonds is 10. The van der Waals surface area contributed by atoms with Crippen LogP contribution in [0.25, 0.3) is 16.9 Å². The van der Waals surface area contributed by atoms with Crippen molar-refractivity contribution in [3.05, 3.63) is 54.7 Å². The number of methoxy groups -OCH3 is 2. The lowest BCUT2D eigenvalue weighted by atomic mass is 10.2. The first-order valence-corrected chi connectivity index (χ1v) is 11.4. The maximum atomic E-state index is 12.7. The normalized spacial score (nSPS) is 14.1. The molecule has 1 amide bonds. The van der Waals surface area contributed by atoms with Crippen LogP contribution in [0.15, 0.2) is 54.7 Å². The average molecular weight is 466 g/mol. The fraction of sp³-hybridized carbons (Fsp3) is 0.360. The van der Waals surface area contributed by atoms with Crippen molar-refractivity contribution in [3.8, 4) is 28.4 Å². The molecule has 0 radical (unpaired) electrons. The van der Waals surface area contributed by atoms with Gasteiger partial charge in [0.2, 0.25) is 11.9 Å². The maximum Gasteiger partial charge on any atom is 0.240 e. The number of ether oxygens (including phenoxy) is 3. The summed E-state index contributed by atoms with van der Waals surface area (Å²) in [5, 5.41) is 6.16. The number of benzene rings is 2. The van der Waals surface area contributed by atoms with E-state index in [0.29, 0.717) is 17.4 Å². The Kier molecular flexibility index (Phi) is 8.13. The van der Waals surface area contributed by atoms with Crippen molar-refractivity contribution in [2.24, 2.45) is 0 Å². The predicted octanol–water partition coefficient (Wildman–Crippen LogP) is 2.42. The van der Waals surface area contributed by atoms with E-state index in [0.717, 1.165) is 56.3 Å². The molecular weight excluding hydrogens is 434 g/mol. The van der Waals surface area contributed by atoms with Crippen molar-refractivity contribution >= 4 is 11.9 Å². The Bertz CT molecular complexity index is 1080. The highest BCUT2D eigenvalue weighted by Crippen LogP contribution is 2.31. The van der Waals surface area contributed by atoms with Crippen LogP contribution in [0.3, 0.4) is 0 Å². The number of nitrogens with one attached hydrogen (secondary N) is 2. The summed E-state index contributed by atoms with van der Waals surface area (Å²) in [7, 11) is 3.19. The molecule has 2 aromatic carbocycles. The van der Waals surface area contributed by atoms with Crippen molar-refractivity contribution in [1.29, 1.82) is 0 Å². The Hall–Kier alpha value is -3.40. The highest BCUT2D eigenvalue weighted by Gasteiger charge is 2.16. The molecule has 34 heavy (non-hydrogen) atoms. The van der Waals surface area contributed by atoms with Gasteiger partial charge in [0.1, 0.15) is 0 Å². The zero-order valence-corrected chi connectivity index (χ0v) is 19.6. The topological polar surface area (TPSA) is 89.9 Å². The lowest BCUT2D eigenvalue weighted by Gasteiger charge is -2.26. The Morgan fingerprint density at radius 1 is 1.06 bits per heavy atom. The van der Waals surface area contributed by atoms with Crippen LogP contribution < -0.4 is 20.1 Å². The predicted molar refractivity (Wildman–Crippen MR) is 131 cm³/mol. The largest absolute Gasteiger partial charge is 0.493 e. The second kappa shape index (κ2) is 11.6. The second-order valence-corrected chi connectivity index (χ2v) is 7.90. The molecule has 180 valence electrons. The molecule has 9 nitrogen and oxygen atoms in total. The molecular formula is C25H31N5O4. The molecule has 1 aromatic heterocycles. The quantitative estimate of drug-likeness (QED) is 0.445. The fourth-order valence-electron chi connectivity index (χ4n) is 3.82. The second-order valence-electron chi connectivity index (χ2n) is 7.90. The van der Waals surface area contributed by atoms with Gasteiger partial charge >= 0.3 is 0 Å². The van der Waals surface area contributed by atoms with E-state index in [1.54, 1.807) is 14.2 Å². The van der Waals surface area contributed by atoms with Crippen molar-refractivity contribution in [1.82, 2.24) is 19.8 Å². The number of hydrogen-bond acceptors (Lipinski definition) is 7. The van der Waals surface area contributed by atoms with Crippen molar-refractivity contribution < 1.29 is 19.0 Å². The van der Waals surface area contributed by atoms with Gasteiger partial charge in [0.25, 0.3) is 0 Å². The van der Waals surface area contributed by atoms with E-state index in [-0.39, 0.29) is 12.5 Å². The number of hydrogen-bond donors (Lipinski definition) is 2. The summed E-state index contributed by atoms with van der Waals surface area (Å²) in [6.45, 7) is 5.20. The molecule has 1 saturated heterocycles. The van der Waals surface area contributed by atoms with Gasteiger partial charge in [0.15, 0.2) is 11.5 Å². The molecule has 0 unspecified atom stereocenters. The van der Waals surface area contributed by atoms with Crippen LogP contribution in [0, 0.1) is 0 Å². The van der Waals surface area contributed by atoms with E-state index in [9.17, 15) is 4.79 Å². The van der Waals surface area contributed by atoms with Crippen molar-refractivity contribution in [2.45, 2.75) is 0 Å². The minimum Gasteiger partial charge on any atom is -0.493 e. The van der Waals surface area contributed by atoms with Gasteiger partial charge < -0.3 is 19.5 Å². The third-order valence-corrected chi connectivity index (χ3v) is 5.67. The molecule has 2 heterocycles. The molecule has 0 atom stereocenters. The molecule has 9 heteroatoms. The Labute approximate surface area is 199 Å². The summed E-state index contributed by atoms with van der Waals surface area (Å²) in [4.78, 5) is 19.7. The summed E-state index contributed by atoms with van der Waals surface area (Å²) in [6, 6.07) is 15.4. The number of imidazole rings is 1. The number of aromatic nitrogens is 2. The molecule has 1 fully saturated rings. The van der Waals surface area contributed by atoms with E-state index in [1.165, 1.54) is 0 Å². The third kappa shape index (κ3) is 5.93. The SMILES string of the molecule is COc1ccc(-n2cc(-c3ccccc3)nc2NC(=O)CNCCN2CCOCC2)cc1OC. The molecule has 0 bridgehead atoms. The summed E-state index contributed by atoms with van der Waals surface area (Å²) < 4.78 is 18.0. The van der Waals surface area contributed by atoms with Crippen LogP contribution in [-0.4, -0.2) is 80.5 Å². The number of carbonyl (C=O) groups excluding carboxylic acids is 1. The van der Waals surface area contributed by atoms with E-state index in [1.807, 2.05) is 59.3 Å². The van der Waals surface area contributed by atoms with E-state index in [2.05, 4.69) is 15.5 Å². The van der Waals surface area contributed by atoms with Crippen LogP contribution in [0.4, 0.5) is 5.95 Å². The van der Waals surface area contributed by atoms with Gasteiger partial charge in [-0.15, -0.1) is 0 Å². The number of carbonyl (C=O) groups is 1. The Balaban J connectivity index is 1.49. The lowest BCUT2D eigenvalue weighted by molar-refractivity contribution is -0.115. The minimum absolute atomic E-state index is 0.158. The molecule has 4 rings (SSSR count). The molecule has 0 spiro atoms. The Morgan fingerprint density at radius 3 is 2.56 bits per heavy atom. The standard InChI is InChI=1S/C25H31N5O4/c1-32-22-9-8-20(16-23(22)33-2)30-18-21(19-6-4-3-5-7-19)27-25(30)28-24(31)17-26-10-11-29-12-14-34-15-13-29/h3-9,16,18,26H,10-15,17H2,1-2H3,(H,27,28,31). The highest BCUT2D eigenvalue weighted by molar-refractivity contribution is 5.91. The molecule has 3 aromatic rings. The molecule has 0 aliphatic carbocycles.